The van der Waals surface area contributed by atoms with Gasteiger partial charge in [-0.3, -0.25) is 0 Å². The Bertz CT molecular complexity index is 1160. The summed E-state index contributed by atoms with van der Waals surface area (Å²) in [7, 11) is 0. The van der Waals surface area contributed by atoms with Crippen LogP contribution in [0.4, 0.5) is 0 Å². The van der Waals surface area contributed by atoms with Crippen LogP contribution in [0.2, 0.25) is 0 Å². The molecule has 2 aliphatic rings. The molecular formula is C26H16O2S4. The Morgan fingerprint density at radius 2 is 0.688 bits per heavy atom. The molecule has 0 aliphatic carbocycles. The molecule has 6 rings (SSSR count). The average Bonchev–Trinajstić information content (AvgIpc) is 3.67. The van der Waals surface area contributed by atoms with Gasteiger partial charge in [-0.2, -0.15) is 0 Å². The van der Waals surface area contributed by atoms with Crippen molar-refractivity contribution in [3.05, 3.63) is 125 Å². The van der Waals surface area contributed by atoms with Crippen LogP contribution in [0.25, 0.3) is 23.0 Å². The number of hydrogen-bond acceptors (Lipinski definition) is 6. The molecule has 6 heterocycles. The van der Waals surface area contributed by atoms with Gasteiger partial charge in [0.2, 0.25) is 0 Å². The lowest BCUT2D eigenvalue weighted by Gasteiger charge is -2.21. The number of thiophene rings is 4. The second-order valence-corrected chi connectivity index (χ2v) is 10.8. The zero-order chi connectivity index (χ0) is 21.3. The molecular weight excluding hydrogens is 473 g/mol. The molecule has 0 aromatic carbocycles. The monoisotopic (exact) mass is 488 g/mol. The summed E-state index contributed by atoms with van der Waals surface area (Å²) in [5.74, 6) is 3.49. The van der Waals surface area contributed by atoms with Crippen LogP contribution < -0.4 is 0 Å². The van der Waals surface area contributed by atoms with Gasteiger partial charge in [0.25, 0.3) is 0 Å². The molecule has 156 valence electrons. The summed E-state index contributed by atoms with van der Waals surface area (Å²) >= 11 is 6.73. The SMILES string of the molecule is C1=C(c2cccs2)OC(c2cccs2)=CC1=C1C=C(c2cccs2)OC(c2cccs2)=C1. The zero-order valence-electron chi connectivity index (χ0n) is 16.7. The molecule has 6 heteroatoms. The lowest BCUT2D eigenvalue weighted by molar-refractivity contribution is 0.467. The van der Waals surface area contributed by atoms with Crippen LogP contribution in [0.15, 0.2) is 106 Å². The molecule has 4 aromatic heterocycles. The number of allylic oxidation sites excluding steroid dienone is 6. The molecule has 32 heavy (non-hydrogen) atoms. The van der Waals surface area contributed by atoms with Gasteiger partial charge in [-0.05, 0) is 81.2 Å². The van der Waals surface area contributed by atoms with Crippen molar-refractivity contribution < 1.29 is 9.47 Å². The summed E-state index contributed by atoms with van der Waals surface area (Å²) in [4.78, 5) is 4.45. The van der Waals surface area contributed by atoms with Crippen LogP contribution in [-0.2, 0) is 9.47 Å². The summed E-state index contributed by atoms with van der Waals surface area (Å²) in [5.41, 5.74) is 2.21. The molecule has 0 atom stereocenters. The summed E-state index contributed by atoms with van der Waals surface area (Å²) < 4.78 is 12.7. The van der Waals surface area contributed by atoms with E-state index in [1.54, 1.807) is 45.3 Å². The molecule has 0 N–H and O–H groups in total. The molecule has 0 amide bonds. The van der Waals surface area contributed by atoms with Gasteiger partial charge >= 0.3 is 0 Å². The maximum atomic E-state index is 6.33. The van der Waals surface area contributed by atoms with E-state index in [0.717, 1.165) is 53.7 Å². The Balaban J connectivity index is 1.54. The Labute approximate surface area is 202 Å². The predicted octanol–water partition coefficient (Wildman–Crippen LogP) is 8.75. The Hall–Kier alpha value is -2.90. The third kappa shape index (κ3) is 3.87. The minimum absolute atomic E-state index is 0.872. The molecule has 0 saturated heterocycles. The molecule has 2 aliphatic heterocycles. The van der Waals surface area contributed by atoms with E-state index in [4.69, 9.17) is 9.47 Å². The van der Waals surface area contributed by atoms with E-state index in [2.05, 4.69) is 94.4 Å². The Morgan fingerprint density at radius 3 is 0.906 bits per heavy atom. The van der Waals surface area contributed by atoms with E-state index in [1.807, 2.05) is 0 Å². The molecule has 4 aromatic rings. The smallest absolute Gasteiger partial charge is 0.145 e. The second kappa shape index (κ2) is 8.56. The molecule has 0 spiro atoms. The largest absolute Gasteiger partial charge is 0.454 e. The van der Waals surface area contributed by atoms with Gasteiger partial charge in [0, 0.05) is 0 Å². The van der Waals surface area contributed by atoms with E-state index >= 15 is 0 Å². The van der Waals surface area contributed by atoms with Gasteiger partial charge in [-0.25, -0.2) is 0 Å². The normalized spacial score (nSPS) is 16.0. The van der Waals surface area contributed by atoms with Crippen LogP contribution in [0.1, 0.15) is 19.5 Å². The quantitative estimate of drug-likeness (QED) is 0.286. The van der Waals surface area contributed by atoms with Crippen LogP contribution in [0.5, 0.6) is 0 Å². The highest BCUT2D eigenvalue weighted by Gasteiger charge is 2.22. The maximum Gasteiger partial charge on any atom is 0.145 e. The second-order valence-electron chi connectivity index (χ2n) is 7.06. The molecule has 0 radical (unpaired) electrons. The first-order valence-corrected chi connectivity index (χ1v) is 13.5. The van der Waals surface area contributed by atoms with E-state index in [0.29, 0.717) is 0 Å². The first kappa shape index (κ1) is 19.8. The fourth-order valence-corrected chi connectivity index (χ4v) is 6.21. The average molecular weight is 489 g/mol. The highest BCUT2D eigenvalue weighted by Crippen LogP contribution is 2.40. The zero-order valence-corrected chi connectivity index (χ0v) is 20.0. The van der Waals surface area contributed by atoms with Crippen LogP contribution in [-0.4, -0.2) is 0 Å². The first-order valence-electron chi connectivity index (χ1n) is 9.96. The highest BCUT2D eigenvalue weighted by atomic mass is 32.1. The molecule has 2 nitrogen and oxygen atoms in total. The topological polar surface area (TPSA) is 18.5 Å². The van der Waals surface area contributed by atoms with E-state index in [9.17, 15) is 0 Å². The molecule has 0 bridgehead atoms. The van der Waals surface area contributed by atoms with Crippen molar-refractivity contribution in [2.75, 3.05) is 0 Å². The van der Waals surface area contributed by atoms with Crippen molar-refractivity contribution in [2.24, 2.45) is 0 Å². The van der Waals surface area contributed by atoms with Crippen molar-refractivity contribution in [3.8, 4) is 0 Å². The van der Waals surface area contributed by atoms with Crippen molar-refractivity contribution in [1.82, 2.24) is 0 Å². The standard InChI is InChI=1S/C26H16O2S4/c1-5-23(29-9-1)19-13-17(14-20(27-19)24-6-2-10-30-24)18-15-21(25-7-3-11-31-25)28-22(16-18)26-8-4-12-32-26/h1-16H. The third-order valence-corrected chi connectivity index (χ3v) is 8.51. The minimum atomic E-state index is 0.872. The Morgan fingerprint density at radius 1 is 0.406 bits per heavy atom. The number of rotatable bonds is 4. The van der Waals surface area contributed by atoms with Gasteiger partial charge in [-0.15, -0.1) is 45.3 Å². The van der Waals surface area contributed by atoms with E-state index < -0.39 is 0 Å². The van der Waals surface area contributed by atoms with Crippen molar-refractivity contribution in [3.63, 3.8) is 0 Å². The molecule has 0 unspecified atom stereocenters. The summed E-state index contributed by atoms with van der Waals surface area (Å²) in [6.07, 6.45) is 8.53. The van der Waals surface area contributed by atoms with E-state index in [-0.39, 0.29) is 0 Å². The molecule has 0 fully saturated rings. The van der Waals surface area contributed by atoms with Crippen LogP contribution in [0, 0.1) is 0 Å². The third-order valence-electron chi connectivity index (χ3n) is 4.98. The van der Waals surface area contributed by atoms with Crippen LogP contribution >= 0.6 is 45.3 Å². The number of ether oxygens (including phenoxy) is 2. The van der Waals surface area contributed by atoms with Crippen molar-refractivity contribution >= 4 is 68.4 Å². The predicted molar refractivity (Wildman–Crippen MR) is 138 cm³/mol. The lowest BCUT2D eigenvalue weighted by Crippen LogP contribution is -2.02. The highest BCUT2D eigenvalue weighted by molar-refractivity contribution is 7.12. The summed E-state index contributed by atoms with van der Waals surface area (Å²) in [5, 5.41) is 8.31. The van der Waals surface area contributed by atoms with Crippen molar-refractivity contribution in [2.45, 2.75) is 0 Å². The van der Waals surface area contributed by atoms with Crippen molar-refractivity contribution in [1.29, 1.82) is 0 Å². The maximum absolute atomic E-state index is 6.33. The fraction of sp³-hybridized carbons (Fsp3) is 0. The molecule has 0 saturated carbocycles. The summed E-state index contributed by atoms with van der Waals surface area (Å²) in [6.45, 7) is 0. The Kier molecular flexibility index (Phi) is 5.29. The lowest BCUT2D eigenvalue weighted by atomic mass is 10.0. The first-order chi connectivity index (χ1) is 15.8. The van der Waals surface area contributed by atoms with Crippen LogP contribution in [0.3, 0.4) is 0 Å². The van der Waals surface area contributed by atoms with Gasteiger partial charge in [0.05, 0.1) is 19.5 Å². The van der Waals surface area contributed by atoms with Gasteiger partial charge in [0.15, 0.2) is 0 Å². The van der Waals surface area contributed by atoms with Gasteiger partial charge in [-0.1, -0.05) is 24.3 Å². The van der Waals surface area contributed by atoms with E-state index in [1.165, 1.54) is 0 Å². The van der Waals surface area contributed by atoms with Gasteiger partial charge < -0.3 is 9.47 Å². The number of hydrogen-bond donors (Lipinski definition) is 0. The minimum Gasteiger partial charge on any atom is -0.454 e. The fourth-order valence-electron chi connectivity index (χ4n) is 3.50. The van der Waals surface area contributed by atoms with Gasteiger partial charge in [0.1, 0.15) is 23.0 Å². The summed E-state index contributed by atoms with van der Waals surface area (Å²) in [6, 6.07) is 16.6.